The maximum Gasteiger partial charge on any atom is 0.146 e. The Kier molecular flexibility index (Phi) is 6.77. The van der Waals surface area contributed by atoms with E-state index in [1.54, 1.807) is 18.2 Å². The molecule has 1 N–H and O–H groups in total. The monoisotopic (exact) mass is 299 g/mol. The summed E-state index contributed by atoms with van der Waals surface area (Å²) in [7, 11) is 0. The van der Waals surface area contributed by atoms with Gasteiger partial charge >= 0.3 is 0 Å². The van der Waals surface area contributed by atoms with E-state index in [9.17, 15) is 4.39 Å². The van der Waals surface area contributed by atoms with Gasteiger partial charge in [-0.3, -0.25) is 0 Å². The second kappa shape index (κ2) is 8.60. The van der Waals surface area contributed by atoms with E-state index in [1.807, 2.05) is 0 Å². The molecule has 0 atom stereocenters. The molecule has 1 fully saturated rings. The SMILES string of the molecule is Fc1c(Cl)cccc1CNCCCOC1CCCCC1. The van der Waals surface area contributed by atoms with Crippen molar-refractivity contribution in [1.82, 2.24) is 5.32 Å². The molecule has 1 aliphatic rings. The third-order valence-electron chi connectivity index (χ3n) is 3.75. The summed E-state index contributed by atoms with van der Waals surface area (Å²) in [4.78, 5) is 0. The maximum absolute atomic E-state index is 13.6. The third kappa shape index (κ3) is 5.04. The van der Waals surface area contributed by atoms with Gasteiger partial charge in [-0.15, -0.1) is 0 Å². The second-order valence-corrected chi connectivity index (χ2v) is 5.78. The van der Waals surface area contributed by atoms with E-state index in [1.165, 1.54) is 32.1 Å². The first-order valence-corrected chi connectivity index (χ1v) is 7.90. The van der Waals surface area contributed by atoms with E-state index in [0.717, 1.165) is 19.6 Å². The molecule has 0 radical (unpaired) electrons. The fourth-order valence-electron chi connectivity index (χ4n) is 2.59. The van der Waals surface area contributed by atoms with Crippen LogP contribution >= 0.6 is 11.6 Å². The van der Waals surface area contributed by atoms with Gasteiger partial charge in [-0.2, -0.15) is 0 Å². The van der Waals surface area contributed by atoms with Crippen molar-refractivity contribution in [3.8, 4) is 0 Å². The zero-order chi connectivity index (χ0) is 14.2. The van der Waals surface area contributed by atoms with E-state index >= 15 is 0 Å². The van der Waals surface area contributed by atoms with Crippen molar-refractivity contribution in [1.29, 1.82) is 0 Å². The van der Waals surface area contributed by atoms with E-state index in [4.69, 9.17) is 16.3 Å². The first-order valence-electron chi connectivity index (χ1n) is 7.52. The maximum atomic E-state index is 13.6. The number of nitrogens with one attached hydrogen (secondary N) is 1. The average Bonchev–Trinajstić information content (AvgIpc) is 2.48. The smallest absolute Gasteiger partial charge is 0.146 e. The summed E-state index contributed by atoms with van der Waals surface area (Å²) < 4.78 is 19.5. The molecule has 1 aromatic carbocycles. The van der Waals surface area contributed by atoms with Crippen LogP contribution in [0.4, 0.5) is 4.39 Å². The van der Waals surface area contributed by atoms with Crippen LogP contribution in [0.1, 0.15) is 44.1 Å². The Morgan fingerprint density at radius 3 is 2.85 bits per heavy atom. The number of ether oxygens (including phenoxy) is 1. The highest BCUT2D eigenvalue weighted by Crippen LogP contribution is 2.20. The van der Waals surface area contributed by atoms with Crippen molar-refractivity contribution >= 4 is 11.6 Å². The predicted molar refractivity (Wildman–Crippen MR) is 80.6 cm³/mol. The number of rotatable bonds is 7. The first kappa shape index (κ1) is 15.7. The average molecular weight is 300 g/mol. The Labute approximate surface area is 125 Å². The first-order chi connectivity index (χ1) is 9.77. The van der Waals surface area contributed by atoms with Gasteiger partial charge in [0.25, 0.3) is 0 Å². The van der Waals surface area contributed by atoms with Crippen molar-refractivity contribution in [3.63, 3.8) is 0 Å². The third-order valence-corrected chi connectivity index (χ3v) is 4.04. The number of halogens is 2. The topological polar surface area (TPSA) is 21.3 Å². The molecule has 1 saturated carbocycles. The lowest BCUT2D eigenvalue weighted by molar-refractivity contribution is 0.0273. The molecule has 0 bridgehead atoms. The summed E-state index contributed by atoms with van der Waals surface area (Å²) >= 11 is 5.74. The summed E-state index contributed by atoms with van der Waals surface area (Å²) in [5.74, 6) is -0.319. The van der Waals surface area contributed by atoms with Gasteiger partial charge < -0.3 is 10.1 Å². The molecule has 0 spiro atoms. The van der Waals surface area contributed by atoms with Crippen LogP contribution in [0.5, 0.6) is 0 Å². The van der Waals surface area contributed by atoms with Crippen LogP contribution < -0.4 is 5.32 Å². The molecule has 1 aromatic rings. The summed E-state index contributed by atoms with van der Waals surface area (Å²) in [6.07, 6.45) is 7.80. The predicted octanol–water partition coefficient (Wildman–Crippen LogP) is 4.31. The largest absolute Gasteiger partial charge is 0.378 e. The molecule has 0 saturated heterocycles. The molecular weight excluding hydrogens is 277 g/mol. The van der Waals surface area contributed by atoms with Crippen LogP contribution in [0.3, 0.4) is 0 Å². The molecule has 2 nitrogen and oxygen atoms in total. The minimum Gasteiger partial charge on any atom is -0.378 e. The molecule has 1 aliphatic carbocycles. The van der Waals surface area contributed by atoms with Crippen LogP contribution in [-0.4, -0.2) is 19.3 Å². The van der Waals surface area contributed by atoms with Gasteiger partial charge in [0.05, 0.1) is 11.1 Å². The minimum absolute atomic E-state index is 0.185. The van der Waals surface area contributed by atoms with Gasteiger partial charge in [0.2, 0.25) is 0 Å². The summed E-state index contributed by atoms with van der Waals surface area (Å²) in [5.41, 5.74) is 0.616. The molecule has 0 aliphatic heterocycles. The van der Waals surface area contributed by atoms with Crippen LogP contribution in [0.25, 0.3) is 0 Å². The molecule has 0 aromatic heterocycles. The highest BCUT2D eigenvalue weighted by atomic mass is 35.5. The van der Waals surface area contributed by atoms with Crippen molar-refractivity contribution < 1.29 is 9.13 Å². The zero-order valence-corrected chi connectivity index (χ0v) is 12.6. The summed E-state index contributed by atoms with van der Waals surface area (Å²) in [5, 5.41) is 3.41. The standard InChI is InChI=1S/C16H23ClFNO/c17-15-9-4-6-13(16(15)18)12-19-10-5-11-20-14-7-2-1-3-8-14/h4,6,9,14,19H,1-3,5,7-8,10-12H2. The summed E-state index contributed by atoms with van der Waals surface area (Å²) in [6.45, 7) is 2.13. The van der Waals surface area contributed by atoms with Crippen LogP contribution in [-0.2, 0) is 11.3 Å². The molecular formula is C16H23ClFNO. The molecule has 112 valence electrons. The fraction of sp³-hybridized carbons (Fsp3) is 0.625. The van der Waals surface area contributed by atoms with E-state index in [2.05, 4.69) is 5.32 Å². The molecule has 20 heavy (non-hydrogen) atoms. The Morgan fingerprint density at radius 1 is 1.25 bits per heavy atom. The zero-order valence-electron chi connectivity index (χ0n) is 11.8. The van der Waals surface area contributed by atoms with Gasteiger partial charge in [-0.1, -0.05) is 43.0 Å². The number of benzene rings is 1. The van der Waals surface area contributed by atoms with Gasteiger partial charge in [0.1, 0.15) is 5.82 Å². The van der Waals surface area contributed by atoms with Crippen molar-refractivity contribution in [3.05, 3.63) is 34.6 Å². The quantitative estimate of drug-likeness (QED) is 0.758. The Bertz CT molecular complexity index is 407. The van der Waals surface area contributed by atoms with Crippen molar-refractivity contribution in [2.75, 3.05) is 13.2 Å². The lowest BCUT2D eigenvalue weighted by Gasteiger charge is -2.21. The Morgan fingerprint density at radius 2 is 2.05 bits per heavy atom. The highest BCUT2D eigenvalue weighted by molar-refractivity contribution is 6.30. The summed E-state index contributed by atoms with van der Waals surface area (Å²) in [6, 6.07) is 5.10. The molecule has 2 rings (SSSR count). The van der Waals surface area contributed by atoms with Gasteiger partial charge in [-0.25, -0.2) is 4.39 Å². The normalized spacial score (nSPS) is 16.5. The van der Waals surface area contributed by atoms with E-state index in [0.29, 0.717) is 18.2 Å². The Hall–Kier alpha value is -0.640. The van der Waals surface area contributed by atoms with Crippen LogP contribution in [0, 0.1) is 5.82 Å². The lowest BCUT2D eigenvalue weighted by Crippen LogP contribution is -2.21. The minimum atomic E-state index is -0.319. The van der Waals surface area contributed by atoms with Gasteiger partial charge in [-0.05, 0) is 31.9 Å². The van der Waals surface area contributed by atoms with E-state index < -0.39 is 0 Å². The van der Waals surface area contributed by atoms with Gasteiger partial charge in [0.15, 0.2) is 0 Å². The molecule has 0 heterocycles. The Balaban J connectivity index is 1.56. The van der Waals surface area contributed by atoms with Gasteiger partial charge in [0, 0.05) is 18.7 Å². The fourth-order valence-corrected chi connectivity index (χ4v) is 2.78. The van der Waals surface area contributed by atoms with Crippen LogP contribution in [0.2, 0.25) is 5.02 Å². The highest BCUT2D eigenvalue weighted by Gasteiger charge is 2.12. The van der Waals surface area contributed by atoms with Crippen molar-refractivity contribution in [2.24, 2.45) is 0 Å². The number of hydrogen-bond donors (Lipinski definition) is 1. The molecule has 0 unspecified atom stereocenters. The number of hydrogen-bond acceptors (Lipinski definition) is 2. The lowest BCUT2D eigenvalue weighted by atomic mass is 9.98. The molecule has 4 heteroatoms. The van der Waals surface area contributed by atoms with E-state index in [-0.39, 0.29) is 10.8 Å². The second-order valence-electron chi connectivity index (χ2n) is 5.37. The molecule has 0 amide bonds. The van der Waals surface area contributed by atoms with Crippen molar-refractivity contribution in [2.45, 2.75) is 51.2 Å². The van der Waals surface area contributed by atoms with Crippen LogP contribution in [0.15, 0.2) is 18.2 Å².